The fourth-order valence-electron chi connectivity index (χ4n) is 5.09. The third-order valence-electron chi connectivity index (χ3n) is 6.81. The lowest BCUT2D eigenvalue weighted by molar-refractivity contribution is 0.196. The van der Waals surface area contributed by atoms with Gasteiger partial charge in [0.15, 0.2) is 0 Å². The average Bonchev–Trinajstić information content (AvgIpc) is 2.84. The summed E-state index contributed by atoms with van der Waals surface area (Å²) in [5, 5.41) is 17.0. The van der Waals surface area contributed by atoms with Gasteiger partial charge in [0.1, 0.15) is 5.82 Å². The van der Waals surface area contributed by atoms with Crippen LogP contribution in [-0.2, 0) is 0 Å². The summed E-state index contributed by atoms with van der Waals surface area (Å²) >= 11 is 0. The Bertz CT molecular complexity index is 1330. The number of hydrogen-bond acceptors (Lipinski definition) is 4. The Morgan fingerprint density at radius 3 is 2.35 bits per heavy atom. The van der Waals surface area contributed by atoms with E-state index < -0.39 is 6.09 Å². The van der Waals surface area contributed by atoms with E-state index in [0.717, 1.165) is 64.6 Å². The molecule has 0 atom stereocenters. The molecule has 1 amide bonds. The molecule has 4 aromatic rings. The second-order valence-corrected chi connectivity index (χ2v) is 9.27. The molecule has 2 N–H and O–H groups in total. The fraction of sp³-hybridized carbons (Fsp3) is 0.286. The van der Waals surface area contributed by atoms with Gasteiger partial charge in [-0.05, 0) is 54.7 Å². The monoisotopic (exact) mass is 454 g/mol. The second kappa shape index (κ2) is 9.21. The van der Waals surface area contributed by atoms with E-state index >= 15 is 0 Å². The van der Waals surface area contributed by atoms with E-state index in [-0.39, 0.29) is 12.1 Å². The number of benzene rings is 3. The Balaban J connectivity index is 1.31. The Hall–Kier alpha value is -3.80. The van der Waals surface area contributed by atoms with Gasteiger partial charge in [0.2, 0.25) is 0 Å². The van der Waals surface area contributed by atoms with E-state index in [1.54, 1.807) is 4.90 Å². The first-order valence-electron chi connectivity index (χ1n) is 11.8. The molecular formula is C28H30N4O2. The number of nitrogens with zero attached hydrogens (tertiary/aromatic N) is 3. The van der Waals surface area contributed by atoms with Crippen LogP contribution < -0.4 is 15.1 Å². The van der Waals surface area contributed by atoms with Crippen molar-refractivity contribution < 1.29 is 9.90 Å². The van der Waals surface area contributed by atoms with Crippen LogP contribution in [0.3, 0.4) is 0 Å². The molecule has 6 heteroatoms. The van der Waals surface area contributed by atoms with Gasteiger partial charge in [-0.25, -0.2) is 9.78 Å². The van der Waals surface area contributed by atoms with Crippen LogP contribution in [0.15, 0.2) is 72.8 Å². The van der Waals surface area contributed by atoms with Crippen molar-refractivity contribution in [2.75, 3.05) is 29.2 Å². The number of amides is 1. The Morgan fingerprint density at radius 1 is 0.912 bits per heavy atom. The third kappa shape index (κ3) is 4.36. The highest BCUT2D eigenvalue weighted by molar-refractivity contribution is 5.94. The molecule has 1 fully saturated rings. The topological polar surface area (TPSA) is 68.7 Å². The summed E-state index contributed by atoms with van der Waals surface area (Å²) in [5.41, 5.74) is 2.85. The smallest absolute Gasteiger partial charge is 0.412 e. The maximum Gasteiger partial charge on any atom is 0.412 e. The van der Waals surface area contributed by atoms with Gasteiger partial charge in [-0.2, -0.15) is 0 Å². The average molecular weight is 455 g/mol. The molecule has 1 aliphatic rings. The number of nitrogens with one attached hydrogen (secondary N) is 1. The molecule has 0 aliphatic heterocycles. The number of hydrogen-bond donors (Lipinski definition) is 2. The van der Waals surface area contributed by atoms with Crippen LogP contribution >= 0.6 is 0 Å². The molecule has 6 nitrogen and oxygen atoms in total. The Morgan fingerprint density at radius 2 is 1.62 bits per heavy atom. The van der Waals surface area contributed by atoms with Crippen molar-refractivity contribution in [2.45, 2.75) is 37.8 Å². The quantitative estimate of drug-likeness (QED) is 0.367. The van der Waals surface area contributed by atoms with Gasteiger partial charge in [0.05, 0.1) is 5.52 Å². The van der Waals surface area contributed by atoms with E-state index in [0.29, 0.717) is 0 Å². The number of rotatable bonds is 5. The first kappa shape index (κ1) is 22.0. The molecule has 0 spiro atoms. The lowest BCUT2D eigenvalue weighted by Gasteiger charge is -2.36. The largest absolute Gasteiger partial charge is 0.465 e. The van der Waals surface area contributed by atoms with Gasteiger partial charge in [-0.15, -0.1) is 0 Å². The van der Waals surface area contributed by atoms with Gasteiger partial charge in [-0.3, -0.25) is 4.90 Å². The Labute approximate surface area is 199 Å². The summed E-state index contributed by atoms with van der Waals surface area (Å²) in [7, 11) is 4.09. The van der Waals surface area contributed by atoms with Gasteiger partial charge in [-0.1, -0.05) is 48.5 Å². The maximum absolute atomic E-state index is 12.2. The van der Waals surface area contributed by atoms with Crippen molar-refractivity contribution in [1.29, 1.82) is 0 Å². The molecule has 1 saturated carbocycles. The number of aromatic nitrogens is 1. The Kier molecular flexibility index (Phi) is 5.97. The second-order valence-electron chi connectivity index (χ2n) is 9.27. The third-order valence-corrected chi connectivity index (χ3v) is 6.81. The van der Waals surface area contributed by atoms with Gasteiger partial charge in [0, 0.05) is 49.0 Å². The predicted molar refractivity (Wildman–Crippen MR) is 140 cm³/mol. The van der Waals surface area contributed by atoms with Crippen molar-refractivity contribution in [1.82, 2.24) is 4.98 Å². The van der Waals surface area contributed by atoms with Crippen LogP contribution in [0, 0.1) is 0 Å². The van der Waals surface area contributed by atoms with Gasteiger partial charge < -0.3 is 15.3 Å². The minimum absolute atomic E-state index is 0.0291. The zero-order chi connectivity index (χ0) is 23.7. The highest BCUT2D eigenvalue weighted by atomic mass is 16.4. The van der Waals surface area contributed by atoms with Crippen LogP contribution in [0.4, 0.5) is 22.0 Å². The van der Waals surface area contributed by atoms with Crippen LogP contribution in [0.1, 0.15) is 25.7 Å². The van der Waals surface area contributed by atoms with Crippen LogP contribution in [-0.4, -0.2) is 42.4 Å². The van der Waals surface area contributed by atoms with Gasteiger partial charge in [0.25, 0.3) is 0 Å². The zero-order valence-corrected chi connectivity index (χ0v) is 19.6. The minimum atomic E-state index is -0.890. The van der Waals surface area contributed by atoms with Crippen molar-refractivity contribution in [2.24, 2.45) is 0 Å². The molecule has 34 heavy (non-hydrogen) atoms. The van der Waals surface area contributed by atoms with Crippen molar-refractivity contribution in [3.63, 3.8) is 0 Å². The lowest BCUT2D eigenvalue weighted by atomic mass is 9.89. The standard InChI is InChI=1S/C28H30N4O2/c1-31(2)26-18-27(30-25-10-6-5-9-24(25)26)29-21-12-15-22(16-13-21)32(28(33)34)23-14-11-19-7-3-4-8-20(19)17-23/h3-11,14,17-18,21-22H,12-13,15-16H2,1-2H3,(H,29,30)(H,33,34)/t21-,22+. The number of carbonyl (C=O) groups is 1. The molecule has 3 aromatic carbocycles. The number of anilines is 3. The number of fused-ring (bicyclic) bond motifs is 2. The van der Waals surface area contributed by atoms with Crippen molar-refractivity contribution in [3.8, 4) is 0 Å². The summed E-state index contributed by atoms with van der Waals surface area (Å²) in [4.78, 5) is 20.7. The van der Waals surface area contributed by atoms with Crippen molar-refractivity contribution >= 4 is 45.0 Å². The fourth-order valence-corrected chi connectivity index (χ4v) is 5.09. The molecule has 0 saturated heterocycles. The molecule has 0 bridgehead atoms. The van der Waals surface area contributed by atoms with E-state index in [1.807, 2.05) is 74.8 Å². The van der Waals surface area contributed by atoms with Crippen LogP contribution in [0.2, 0.25) is 0 Å². The number of pyridine rings is 1. The first-order valence-corrected chi connectivity index (χ1v) is 11.8. The molecule has 1 heterocycles. The van der Waals surface area contributed by atoms with Crippen molar-refractivity contribution in [3.05, 3.63) is 72.8 Å². The zero-order valence-electron chi connectivity index (χ0n) is 19.6. The molecule has 5 rings (SSSR count). The van der Waals surface area contributed by atoms with Crippen LogP contribution in [0.5, 0.6) is 0 Å². The molecule has 1 aliphatic carbocycles. The normalized spacial score (nSPS) is 18.1. The molecule has 0 unspecified atom stereocenters. The summed E-state index contributed by atoms with van der Waals surface area (Å²) in [6.07, 6.45) is 2.52. The van der Waals surface area contributed by atoms with Gasteiger partial charge >= 0.3 is 6.09 Å². The minimum Gasteiger partial charge on any atom is -0.465 e. The predicted octanol–water partition coefficient (Wildman–Crippen LogP) is 6.36. The molecule has 1 aromatic heterocycles. The lowest BCUT2D eigenvalue weighted by Crippen LogP contribution is -2.43. The highest BCUT2D eigenvalue weighted by Crippen LogP contribution is 2.32. The molecular weight excluding hydrogens is 424 g/mol. The van der Waals surface area contributed by atoms with E-state index in [4.69, 9.17) is 4.98 Å². The maximum atomic E-state index is 12.2. The summed E-state index contributed by atoms with van der Waals surface area (Å²) in [5.74, 6) is 0.871. The summed E-state index contributed by atoms with van der Waals surface area (Å²) < 4.78 is 0. The summed E-state index contributed by atoms with van der Waals surface area (Å²) in [6, 6.07) is 24.5. The van der Waals surface area contributed by atoms with E-state index in [9.17, 15) is 9.90 Å². The first-order chi connectivity index (χ1) is 16.5. The van der Waals surface area contributed by atoms with E-state index in [1.165, 1.54) is 0 Å². The molecule has 174 valence electrons. The highest BCUT2D eigenvalue weighted by Gasteiger charge is 2.30. The van der Waals surface area contributed by atoms with E-state index in [2.05, 4.69) is 22.3 Å². The SMILES string of the molecule is CN(C)c1cc(N[C@H]2CC[C@@H](N(C(=O)O)c3ccc4ccccc4c3)CC2)nc2ccccc12. The number of carboxylic acid groups (broad SMARTS) is 1. The van der Waals surface area contributed by atoms with Crippen LogP contribution in [0.25, 0.3) is 21.7 Å². The summed E-state index contributed by atoms with van der Waals surface area (Å²) in [6.45, 7) is 0. The number of para-hydroxylation sites is 1. The molecule has 0 radical (unpaired) electrons.